The third-order valence-corrected chi connectivity index (χ3v) is 4.97. The minimum Gasteiger partial charge on any atom is -0.333 e. The summed E-state index contributed by atoms with van der Waals surface area (Å²) >= 11 is 0. The van der Waals surface area contributed by atoms with Gasteiger partial charge in [0.1, 0.15) is 11.6 Å². The molecule has 0 bridgehead atoms. The third kappa shape index (κ3) is 3.81. The van der Waals surface area contributed by atoms with Gasteiger partial charge >= 0.3 is 6.18 Å². The Kier molecular flexibility index (Phi) is 5.41. The van der Waals surface area contributed by atoms with Crippen molar-refractivity contribution in [3.8, 4) is 5.69 Å². The van der Waals surface area contributed by atoms with Crippen LogP contribution in [0.25, 0.3) is 16.7 Å². The molecule has 0 saturated heterocycles. The number of hydrogen-bond acceptors (Lipinski definition) is 4. The number of aromatic nitrogens is 5. The smallest absolute Gasteiger partial charge is 0.333 e. The summed E-state index contributed by atoms with van der Waals surface area (Å²) in [7, 11) is 1.36. The minimum absolute atomic E-state index is 0.0362. The van der Waals surface area contributed by atoms with E-state index in [1.54, 1.807) is 0 Å². The van der Waals surface area contributed by atoms with Crippen LogP contribution in [0.15, 0.2) is 48.5 Å². The average molecular weight is 446 g/mol. The topological polar surface area (TPSA) is 68.8 Å². The van der Waals surface area contributed by atoms with Crippen molar-refractivity contribution in [1.29, 1.82) is 0 Å². The fourth-order valence-electron chi connectivity index (χ4n) is 3.53. The Labute approximate surface area is 179 Å². The van der Waals surface area contributed by atoms with Crippen LogP contribution in [0, 0.1) is 5.82 Å². The Bertz CT molecular complexity index is 1290. The quantitative estimate of drug-likeness (QED) is 0.434. The van der Waals surface area contributed by atoms with Gasteiger partial charge < -0.3 is 9.47 Å². The Morgan fingerprint density at radius 2 is 1.88 bits per heavy atom. The fourth-order valence-corrected chi connectivity index (χ4v) is 3.53. The maximum Gasteiger partial charge on any atom is 0.435 e. The van der Waals surface area contributed by atoms with Gasteiger partial charge in [-0.3, -0.25) is 4.79 Å². The second-order valence-electron chi connectivity index (χ2n) is 7.10. The molecular weight excluding hydrogens is 428 g/mol. The van der Waals surface area contributed by atoms with Crippen LogP contribution in [0.2, 0.25) is 0 Å². The van der Waals surface area contributed by atoms with Crippen molar-refractivity contribution in [2.45, 2.75) is 26.2 Å². The average Bonchev–Trinajstić information content (AvgIpc) is 3.34. The summed E-state index contributed by atoms with van der Waals surface area (Å²) in [4.78, 5) is 18.5. The molecule has 0 radical (unpaired) electrons. The normalized spacial score (nSPS) is 11.8. The first-order valence-corrected chi connectivity index (χ1v) is 9.69. The Morgan fingerprint density at radius 3 is 2.56 bits per heavy atom. The van der Waals surface area contributed by atoms with E-state index < -0.39 is 29.3 Å². The van der Waals surface area contributed by atoms with Gasteiger partial charge in [-0.1, -0.05) is 23.4 Å². The number of carbonyl (C=O) groups is 1. The first-order valence-electron chi connectivity index (χ1n) is 9.69. The molecule has 2 aromatic heterocycles. The number of rotatable bonds is 5. The van der Waals surface area contributed by atoms with Gasteiger partial charge in [0, 0.05) is 13.6 Å². The van der Waals surface area contributed by atoms with Crippen LogP contribution >= 0.6 is 0 Å². The van der Waals surface area contributed by atoms with E-state index in [0.717, 1.165) is 28.1 Å². The summed E-state index contributed by atoms with van der Waals surface area (Å²) in [6.45, 7) is 2.44. The lowest BCUT2D eigenvalue weighted by Crippen LogP contribution is -2.30. The number of halogens is 4. The highest BCUT2D eigenvalue weighted by Gasteiger charge is 2.42. The van der Waals surface area contributed by atoms with Gasteiger partial charge in [-0.05, 0) is 37.3 Å². The molecule has 0 aliphatic rings. The standard InChI is InChI=1S/C21H18F4N6O/c1-3-30-16-10-5-4-9-15(16)26-17(30)12-29(2)20(32)18-19(21(23,24)25)31(28-27-18)14-8-6-7-13(22)11-14/h4-11H,3,12H2,1-2H3. The molecule has 4 aromatic rings. The van der Waals surface area contributed by atoms with E-state index in [0.29, 0.717) is 17.1 Å². The van der Waals surface area contributed by atoms with E-state index in [2.05, 4.69) is 15.3 Å². The van der Waals surface area contributed by atoms with Crippen molar-refractivity contribution in [2.75, 3.05) is 7.05 Å². The zero-order chi connectivity index (χ0) is 23.0. The molecule has 2 heterocycles. The van der Waals surface area contributed by atoms with Crippen LogP contribution in [0.3, 0.4) is 0 Å². The van der Waals surface area contributed by atoms with Crippen LogP contribution in [0.1, 0.15) is 28.9 Å². The Morgan fingerprint density at radius 1 is 1.12 bits per heavy atom. The zero-order valence-electron chi connectivity index (χ0n) is 17.1. The number of fused-ring (bicyclic) bond motifs is 1. The van der Waals surface area contributed by atoms with E-state index in [1.165, 1.54) is 19.2 Å². The van der Waals surface area contributed by atoms with Crippen molar-refractivity contribution < 1.29 is 22.4 Å². The maximum absolute atomic E-state index is 13.9. The largest absolute Gasteiger partial charge is 0.435 e. The maximum atomic E-state index is 13.9. The first kappa shape index (κ1) is 21.5. The molecule has 0 atom stereocenters. The highest BCUT2D eigenvalue weighted by atomic mass is 19.4. The number of hydrogen-bond donors (Lipinski definition) is 0. The number of amides is 1. The van der Waals surface area contributed by atoms with Gasteiger partial charge in [0.2, 0.25) is 0 Å². The summed E-state index contributed by atoms with van der Waals surface area (Å²) in [5, 5.41) is 6.97. The van der Waals surface area contributed by atoms with Crippen molar-refractivity contribution >= 4 is 16.9 Å². The molecule has 0 spiro atoms. The predicted molar refractivity (Wildman–Crippen MR) is 108 cm³/mol. The summed E-state index contributed by atoms with van der Waals surface area (Å²) in [6.07, 6.45) is -4.95. The molecule has 166 valence electrons. The van der Waals surface area contributed by atoms with Crippen molar-refractivity contribution in [3.63, 3.8) is 0 Å². The molecule has 4 rings (SSSR count). The molecule has 0 fully saturated rings. The predicted octanol–water partition coefficient (Wildman–Crippen LogP) is 4.07. The van der Waals surface area contributed by atoms with Crippen LogP contribution in [-0.2, 0) is 19.3 Å². The Balaban J connectivity index is 1.70. The van der Waals surface area contributed by atoms with Gasteiger partial charge in [-0.25, -0.2) is 14.1 Å². The highest BCUT2D eigenvalue weighted by Crippen LogP contribution is 2.33. The van der Waals surface area contributed by atoms with E-state index in [1.807, 2.05) is 35.8 Å². The monoisotopic (exact) mass is 446 g/mol. The number of para-hydroxylation sites is 2. The molecule has 0 saturated carbocycles. The van der Waals surface area contributed by atoms with E-state index in [4.69, 9.17) is 0 Å². The van der Waals surface area contributed by atoms with Crippen molar-refractivity contribution in [1.82, 2.24) is 29.4 Å². The van der Waals surface area contributed by atoms with Crippen LogP contribution in [0.4, 0.5) is 17.6 Å². The molecule has 2 aromatic carbocycles. The van der Waals surface area contributed by atoms with Crippen LogP contribution in [0.5, 0.6) is 0 Å². The molecular formula is C21H18F4N6O. The van der Waals surface area contributed by atoms with Gasteiger partial charge in [-0.2, -0.15) is 13.2 Å². The number of carbonyl (C=O) groups excluding carboxylic acids is 1. The molecule has 1 amide bonds. The highest BCUT2D eigenvalue weighted by molar-refractivity contribution is 5.93. The first-order chi connectivity index (χ1) is 15.2. The van der Waals surface area contributed by atoms with Gasteiger partial charge in [0.25, 0.3) is 5.91 Å². The molecule has 32 heavy (non-hydrogen) atoms. The molecule has 0 aliphatic heterocycles. The molecule has 0 N–H and O–H groups in total. The van der Waals surface area contributed by atoms with Crippen LogP contribution in [-0.4, -0.2) is 42.4 Å². The lowest BCUT2D eigenvalue weighted by molar-refractivity contribution is -0.143. The minimum atomic E-state index is -4.95. The number of imidazole rings is 1. The lowest BCUT2D eigenvalue weighted by atomic mass is 10.2. The number of nitrogens with zero attached hydrogens (tertiary/aromatic N) is 6. The van der Waals surface area contributed by atoms with Gasteiger partial charge in [0.05, 0.1) is 23.3 Å². The van der Waals surface area contributed by atoms with Gasteiger partial charge in [0.15, 0.2) is 11.4 Å². The Hall–Kier alpha value is -3.76. The van der Waals surface area contributed by atoms with E-state index in [-0.39, 0.29) is 12.2 Å². The SMILES string of the molecule is CCn1c(CN(C)C(=O)c2nnn(-c3cccc(F)c3)c2C(F)(F)F)nc2ccccc21. The lowest BCUT2D eigenvalue weighted by Gasteiger charge is -2.18. The van der Waals surface area contributed by atoms with Crippen molar-refractivity contribution in [3.05, 3.63) is 71.6 Å². The molecule has 0 unspecified atom stereocenters. The van der Waals surface area contributed by atoms with E-state index in [9.17, 15) is 22.4 Å². The molecule has 11 heteroatoms. The van der Waals surface area contributed by atoms with Gasteiger partial charge in [-0.15, -0.1) is 5.10 Å². The fraction of sp³-hybridized carbons (Fsp3) is 0.238. The second kappa shape index (κ2) is 8.06. The number of benzene rings is 2. The van der Waals surface area contributed by atoms with E-state index >= 15 is 0 Å². The summed E-state index contributed by atoms with van der Waals surface area (Å²) < 4.78 is 57.4. The summed E-state index contributed by atoms with van der Waals surface area (Å²) in [6, 6.07) is 11.8. The zero-order valence-corrected chi connectivity index (χ0v) is 17.1. The van der Waals surface area contributed by atoms with Crippen molar-refractivity contribution in [2.24, 2.45) is 0 Å². The third-order valence-electron chi connectivity index (χ3n) is 4.97. The van der Waals surface area contributed by atoms with Crippen LogP contribution < -0.4 is 0 Å². The number of aryl methyl sites for hydroxylation is 1. The number of alkyl halides is 3. The summed E-state index contributed by atoms with van der Waals surface area (Å²) in [5.74, 6) is -1.19. The molecule has 0 aliphatic carbocycles. The second-order valence-corrected chi connectivity index (χ2v) is 7.10. The molecule has 7 nitrogen and oxygen atoms in total. The summed E-state index contributed by atoms with van der Waals surface area (Å²) in [5.41, 5.74) is -0.858.